The number of hydrogen-bond donors (Lipinski definition) is 3. The first-order valence-corrected chi connectivity index (χ1v) is 9.77. The fourth-order valence-corrected chi connectivity index (χ4v) is 3.21. The van der Waals surface area contributed by atoms with Gasteiger partial charge in [-0.15, -0.1) is 0 Å². The van der Waals surface area contributed by atoms with E-state index in [1.165, 1.54) is 0 Å². The summed E-state index contributed by atoms with van der Waals surface area (Å²) in [6.45, 7) is 3.89. The Hall–Kier alpha value is -3.12. The molecule has 6 nitrogen and oxygen atoms in total. The second-order valence-corrected chi connectivity index (χ2v) is 7.49. The van der Waals surface area contributed by atoms with Crippen LogP contribution in [0.1, 0.15) is 25.0 Å². The van der Waals surface area contributed by atoms with E-state index in [-0.39, 0.29) is 18.4 Å². The molecule has 0 aliphatic heterocycles. The lowest BCUT2D eigenvalue weighted by Gasteiger charge is -2.22. The lowest BCUT2D eigenvalue weighted by Crippen LogP contribution is -2.51. The molecule has 4 N–H and O–H groups in total. The zero-order chi connectivity index (χ0) is 20.8. The van der Waals surface area contributed by atoms with E-state index in [1.807, 2.05) is 74.6 Å². The van der Waals surface area contributed by atoms with Crippen LogP contribution in [0.3, 0.4) is 0 Å². The number of nitrogens with two attached hydrogens (primary N) is 1. The Bertz CT molecular complexity index is 966. The summed E-state index contributed by atoms with van der Waals surface area (Å²) in [4.78, 5) is 28.4. The van der Waals surface area contributed by atoms with E-state index in [2.05, 4.69) is 10.3 Å². The molecule has 0 aliphatic carbocycles. The maximum absolute atomic E-state index is 12.6. The molecule has 0 fully saturated rings. The van der Waals surface area contributed by atoms with Crippen molar-refractivity contribution in [1.29, 1.82) is 0 Å². The zero-order valence-corrected chi connectivity index (χ0v) is 16.7. The van der Waals surface area contributed by atoms with Gasteiger partial charge in [0.15, 0.2) is 0 Å². The number of ether oxygens (including phenoxy) is 1. The summed E-state index contributed by atoms with van der Waals surface area (Å²) >= 11 is 0. The number of hydrogen-bond acceptors (Lipinski definition) is 4. The summed E-state index contributed by atoms with van der Waals surface area (Å²) in [6.07, 6.45) is 2.24. The summed E-state index contributed by atoms with van der Waals surface area (Å²) < 4.78 is 5.40. The van der Waals surface area contributed by atoms with Crippen LogP contribution in [0.15, 0.2) is 60.8 Å². The number of esters is 1. The van der Waals surface area contributed by atoms with Crippen molar-refractivity contribution >= 4 is 22.8 Å². The summed E-state index contributed by atoms with van der Waals surface area (Å²) in [5.74, 6) is -0.954. The Morgan fingerprint density at radius 1 is 1.07 bits per heavy atom. The van der Waals surface area contributed by atoms with E-state index in [0.717, 1.165) is 22.0 Å². The summed E-state index contributed by atoms with van der Waals surface area (Å²) in [5, 5.41) is 3.80. The summed E-state index contributed by atoms with van der Waals surface area (Å²) in [7, 11) is 0. The number of amides is 1. The molecule has 1 heterocycles. The van der Waals surface area contributed by atoms with Crippen LogP contribution in [-0.4, -0.2) is 28.9 Å². The number of H-pyrrole nitrogens is 1. The molecule has 152 valence electrons. The number of nitrogens with one attached hydrogen (secondary N) is 2. The van der Waals surface area contributed by atoms with Gasteiger partial charge in [-0.3, -0.25) is 4.79 Å². The molecule has 6 heteroatoms. The normalized spacial score (nSPS) is 13.2. The van der Waals surface area contributed by atoms with Gasteiger partial charge in [0.05, 0.1) is 6.04 Å². The fourth-order valence-electron chi connectivity index (χ4n) is 3.21. The molecule has 0 saturated heterocycles. The Kier molecular flexibility index (Phi) is 6.67. The van der Waals surface area contributed by atoms with Crippen molar-refractivity contribution in [3.05, 3.63) is 71.9 Å². The van der Waals surface area contributed by atoms with Crippen molar-refractivity contribution in [1.82, 2.24) is 10.3 Å². The fraction of sp³-hybridized carbons (Fsp3) is 0.304. The summed E-state index contributed by atoms with van der Waals surface area (Å²) in [6, 6.07) is 15.8. The van der Waals surface area contributed by atoms with E-state index < -0.39 is 18.1 Å². The Labute approximate surface area is 170 Å². The van der Waals surface area contributed by atoms with Gasteiger partial charge >= 0.3 is 5.97 Å². The molecular formula is C23H27N3O3. The number of aromatic nitrogens is 1. The molecule has 0 saturated carbocycles. The van der Waals surface area contributed by atoms with Gasteiger partial charge in [0, 0.05) is 17.1 Å². The minimum absolute atomic E-state index is 0.123. The molecule has 0 spiro atoms. The van der Waals surface area contributed by atoms with Gasteiger partial charge in [-0.2, -0.15) is 0 Å². The molecule has 3 aromatic rings. The van der Waals surface area contributed by atoms with Crippen LogP contribution in [0.4, 0.5) is 0 Å². The van der Waals surface area contributed by atoms with E-state index in [0.29, 0.717) is 6.42 Å². The lowest BCUT2D eigenvalue weighted by atomic mass is 10.0. The second kappa shape index (κ2) is 9.39. The van der Waals surface area contributed by atoms with Crippen molar-refractivity contribution in [2.45, 2.75) is 39.0 Å². The van der Waals surface area contributed by atoms with Crippen LogP contribution in [0, 0.1) is 5.92 Å². The lowest BCUT2D eigenvalue weighted by molar-refractivity contribution is -0.150. The Morgan fingerprint density at radius 3 is 2.48 bits per heavy atom. The predicted octanol–water partition coefficient (Wildman–Crippen LogP) is 2.92. The van der Waals surface area contributed by atoms with E-state index in [1.54, 1.807) is 0 Å². The van der Waals surface area contributed by atoms with Crippen molar-refractivity contribution in [2.75, 3.05) is 0 Å². The number of para-hydroxylation sites is 1. The third-order valence-electron chi connectivity index (χ3n) is 4.89. The van der Waals surface area contributed by atoms with Crippen LogP contribution < -0.4 is 11.1 Å². The highest BCUT2D eigenvalue weighted by Gasteiger charge is 2.28. The van der Waals surface area contributed by atoms with Gasteiger partial charge in [-0.1, -0.05) is 62.4 Å². The topological polar surface area (TPSA) is 97.2 Å². The second-order valence-electron chi connectivity index (χ2n) is 7.49. The van der Waals surface area contributed by atoms with Gasteiger partial charge < -0.3 is 20.8 Å². The Morgan fingerprint density at radius 2 is 1.76 bits per heavy atom. The molecule has 3 rings (SSSR count). The first-order valence-electron chi connectivity index (χ1n) is 9.77. The van der Waals surface area contributed by atoms with Gasteiger partial charge in [0.2, 0.25) is 5.91 Å². The minimum atomic E-state index is -0.766. The SMILES string of the molecule is CC(C)[C@H](NC(=O)[C@@H](N)Cc1c[nH]c2ccccc12)C(=O)OCc1ccccc1. The first kappa shape index (κ1) is 20.6. The van der Waals surface area contributed by atoms with Crippen molar-refractivity contribution in [3.8, 4) is 0 Å². The molecule has 0 radical (unpaired) electrons. The highest BCUT2D eigenvalue weighted by Crippen LogP contribution is 2.19. The first-order chi connectivity index (χ1) is 14.0. The maximum Gasteiger partial charge on any atom is 0.329 e. The third kappa shape index (κ3) is 5.23. The smallest absolute Gasteiger partial charge is 0.329 e. The molecule has 2 atom stereocenters. The van der Waals surface area contributed by atoms with Crippen molar-refractivity contribution < 1.29 is 14.3 Å². The summed E-state index contributed by atoms with van der Waals surface area (Å²) in [5.41, 5.74) is 9.00. The van der Waals surface area contributed by atoms with Crippen molar-refractivity contribution in [2.24, 2.45) is 11.7 Å². The average molecular weight is 393 g/mol. The number of carbonyl (C=O) groups excluding carboxylic acids is 2. The van der Waals surface area contributed by atoms with E-state index in [9.17, 15) is 9.59 Å². The highest BCUT2D eigenvalue weighted by molar-refractivity contribution is 5.89. The van der Waals surface area contributed by atoms with Crippen LogP contribution >= 0.6 is 0 Å². The third-order valence-corrected chi connectivity index (χ3v) is 4.89. The molecule has 2 aromatic carbocycles. The van der Waals surface area contributed by atoms with Gasteiger partial charge in [0.25, 0.3) is 0 Å². The Balaban J connectivity index is 1.60. The largest absolute Gasteiger partial charge is 0.459 e. The quantitative estimate of drug-likeness (QED) is 0.513. The van der Waals surface area contributed by atoms with E-state index >= 15 is 0 Å². The maximum atomic E-state index is 12.6. The molecule has 29 heavy (non-hydrogen) atoms. The molecule has 1 aromatic heterocycles. The van der Waals surface area contributed by atoms with Crippen molar-refractivity contribution in [3.63, 3.8) is 0 Å². The predicted molar refractivity (Wildman–Crippen MR) is 113 cm³/mol. The number of aromatic amines is 1. The molecular weight excluding hydrogens is 366 g/mol. The minimum Gasteiger partial charge on any atom is -0.459 e. The number of fused-ring (bicyclic) bond motifs is 1. The molecule has 0 unspecified atom stereocenters. The highest BCUT2D eigenvalue weighted by atomic mass is 16.5. The van der Waals surface area contributed by atoms with Gasteiger partial charge in [-0.25, -0.2) is 4.79 Å². The molecule has 0 aliphatic rings. The molecule has 0 bridgehead atoms. The number of rotatable bonds is 8. The standard InChI is InChI=1S/C23H27N3O3/c1-15(2)21(23(28)29-14-16-8-4-3-5-9-16)26-22(27)19(24)12-17-13-25-20-11-7-6-10-18(17)20/h3-11,13,15,19,21,25H,12,14,24H2,1-2H3,(H,26,27)/t19-,21-/m0/s1. The van der Waals surface area contributed by atoms with Crippen LogP contribution in [0.5, 0.6) is 0 Å². The van der Waals surface area contributed by atoms with Crippen LogP contribution in [0.2, 0.25) is 0 Å². The van der Waals surface area contributed by atoms with Gasteiger partial charge in [0.1, 0.15) is 12.6 Å². The number of carbonyl (C=O) groups is 2. The van der Waals surface area contributed by atoms with Gasteiger partial charge in [-0.05, 0) is 29.5 Å². The molecule has 1 amide bonds. The average Bonchev–Trinajstić information content (AvgIpc) is 3.13. The zero-order valence-electron chi connectivity index (χ0n) is 16.7. The number of benzene rings is 2. The monoisotopic (exact) mass is 393 g/mol. The van der Waals surface area contributed by atoms with E-state index in [4.69, 9.17) is 10.5 Å². The van der Waals surface area contributed by atoms with Crippen LogP contribution in [-0.2, 0) is 27.4 Å². The van der Waals surface area contributed by atoms with Crippen LogP contribution in [0.25, 0.3) is 10.9 Å².